The van der Waals surface area contributed by atoms with Crippen LogP contribution < -0.4 is 5.32 Å². The van der Waals surface area contributed by atoms with Crippen molar-refractivity contribution in [2.45, 2.75) is 12.5 Å². The Labute approximate surface area is 128 Å². The molecule has 0 radical (unpaired) electrons. The molecule has 19 heavy (non-hydrogen) atoms. The molecule has 2 rings (SSSR count). The summed E-state index contributed by atoms with van der Waals surface area (Å²) in [5.74, 6) is 0.252. The Morgan fingerprint density at radius 3 is 2.58 bits per heavy atom. The number of aliphatic hydroxyl groups is 1. The van der Waals surface area contributed by atoms with E-state index < -0.39 is 0 Å². The molecule has 1 aliphatic rings. The average molecular weight is 352 g/mol. The van der Waals surface area contributed by atoms with Crippen molar-refractivity contribution in [3.8, 4) is 5.75 Å². The fourth-order valence-corrected chi connectivity index (χ4v) is 2.80. The topological polar surface area (TPSA) is 55.7 Å². The standard InChI is InChI=1S/C13H19BrN2O2.ClH/c14-11-9-10(1-2-13(11)18)12(3-8-17)16-6-4-15-5-7-16;/h1-2,9,12,15,17-18H,3-8H2;1H/t12-;/m0./s1. The summed E-state index contributed by atoms with van der Waals surface area (Å²) in [5.41, 5.74) is 1.13. The molecule has 0 bridgehead atoms. The minimum absolute atomic E-state index is 0. The van der Waals surface area contributed by atoms with Gasteiger partial charge in [-0.1, -0.05) is 6.07 Å². The number of aliphatic hydroxyl groups excluding tert-OH is 1. The number of aromatic hydroxyl groups is 1. The van der Waals surface area contributed by atoms with Crippen molar-refractivity contribution in [2.75, 3.05) is 32.8 Å². The average Bonchev–Trinajstić information content (AvgIpc) is 2.40. The molecular weight excluding hydrogens is 332 g/mol. The van der Waals surface area contributed by atoms with E-state index in [1.165, 1.54) is 0 Å². The summed E-state index contributed by atoms with van der Waals surface area (Å²) < 4.78 is 0.707. The maximum Gasteiger partial charge on any atom is 0.129 e. The van der Waals surface area contributed by atoms with Crippen molar-refractivity contribution < 1.29 is 10.2 Å². The number of hydrogen-bond donors (Lipinski definition) is 3. The van der Waals surface area contributed by atoms with Crippen LogP contribution in [0.5, 0.6) is 5.75 Å². The second kappa shape index (κ2) is 8.07. The monoisotopic (exact) mass is 350 g/mol. The molecule has 0 amide bonds. The van der Waals surface area contributed by atoms with Gasteiger partial charge in [0, 0.05) is 38.8 Å². The molecule has 0 spiro atoms. The van der Waals surface area contributed by atoms with E-state index in [1.54, 1.807) is 6.07 Å². The zero-order valence-electron chi connectivity index (χ0n) is 10.7. The molecule has 1 aliphatic heterocycles. The number of piperazine rings is 1. The number of phenolic OH excluding ortho intramolecular Hbond substituents is 1. The van der Waals surface area contributed by atoms with E-state index in [0.29, 0.717) is 4.47 Å². The fourth-order valence-electron chi connectivity index (χ4n) is 2.41. The van der Waals surface area contributed by atoms with Crippen LogP contribution in [0.15, 0.2) is 22.7 Å². The largest absolute Gasteiger partial charge is 0.507 e. The minimum atomic E-state index is 0. The van der Waals surface area contributed by atoms with Gasteiger partial charge >= 0.3 is 0 Å². The van der Waals surface area contributed by atoms with Gasteiger partial charge < -0.3 is 15.5 Å². The van der Waals surface area contributed by atoms with Gasteiger partial charge in [0.15, 0.2) is 0 Å². The molecule has 1 aromatic carbocycles. The smallest absolute Gasteiger partial charge is 0.129 e. The fraction of sp³-hybridized carbons (Fsp3) is 0.538. The minimum Gasteiger partial charge on any atom is -0.507 e. The van der Waals surface area contributed by atoms with Crippen molar-refractivity contribution in [1.29, 1.82) is 0 Å². The molecule has 0 aliphatic carbocycles. The molecular formula is C13H20BrClN2O2. The number of halogens is 2. The molecule has 1 heterocycles. The Kier molecular flexibility index (Phi) is 7.10. The highest BCUT2D eigenvalue weighted by Gasteiger charge is 2.22. The SMILES string of the molecule is Cl.OCC[C@@H](c1ccc(O)c(Br)c1)N1CCNCC1. The lowest BCUT2D eigenvalue weighted by Crippen LogP contribution is -2.45. The van der Waals surface area contributed by atoms with Crippen LogP contribution in [0.1, 0.15) is 18.0 Å². The van der Waals surface area contributed by atoms with E-state index in [0.717, 1.165) is 38.2 Å². The third-order valence-electron chi connectivity index (χ3n) is 3.35. The first-order valence-corrected chi connectivity index (χ1v) is 7.05. The second-order valence-electron chi connectivity index (χ2n) is 4.52. The predicted octanol–water partition coefficient (Wildman–Crippen LogP) is 1.91. The number of nitrogens with zero attached hydrogens (tertiary/aromatic N) is 1. The van der Waals surface area contributed by atoms with Gasteiger partial charge in [0.1, 0.15) is 5.75 Å². The zero-order chi connectivity index (χ0) is 13.0. The van der Waals surface area contributed by atoms with E-state index in [2.05, 4.69) is 26.1 Å². The Morgan fingerprint density at radius 1 is 1.32 bits per heavy atom. The summed E-state index contributed by atoms with van der Waals surface area (Å²) in [4.78, 5) is 2.38. The molecule has 6 heteroatoms. The van der Waals surface area contributed by atoms with Gasteiger partial charge in [0.05, 0.1) is 4.47 Å². The maximum atomic E-state index is 9.55. The molecule has 0 aromatic heterocycles. The first-order valence-electron chi connectivity index (χ1n) is 6.26. The van der Waals surface area contributed by atoms with Crippen LogP contribution in [0.2, 0.25) is 0 Å². The quantitative estimate of drug-likeness (QED) is 0.775. The summed E-state index contributed by atoms with van der Waals surface area (Å²) in [6.07, 6.45) is 0.719. The van der Waals surface area contributed by atoms with Gasteiger partial charge in [-0.15, -0.1) is 12.4 Å². The molecule has 0 saturated carbocycles. The number of hydrogen-bond acceptors (Lipinski definition) is 4. The van der Waals surface area contributed by atoms with Crippen LogP contribution in [-0.4, -0.2) is 47.9 Å². The lowest BCUT2D eigenvalue weighted by atomic mass is 10.0. The molecule has 108 valence electrons. The van der Waals surface area contributed by atoms with Crippen molar-refractivity contribution >= 4 is 28.3 Å². The number of benzene rings is 1. The summed E-state index contributed by atoms with van der Waals surface area (Å²) >= 11 is 3.35. The summed E-state index contributed by atoms with van der Waals surface area (Å²) in [5, 5.41) is 22.1. The Hall–Kier alpha value is -0.330. The van der Waals surface area contributed by atoms with Crippen LogP contribution in [-0.2, 0) is 0 Å². The number of rotatable bonds is 4. The normalized spacial score (nSPS) is 17.8. The third-order valence-corrected chi connectivity index (χ3v) is 3.99. The van der Waals surface area contributed by atoms with Crippen LogP contribution in [0.3, 0.4) is 0 Å². The Balaban J connectivity index is 0.00000180. The lowest BCUT2D eigenvalue weighted by molar-refractivity contribution is 0.141. The van der Waals surface area contributed by atoms with E-state index in [1.807, 2.05) is 12.1 Å². The predicted molar refractivity (Wildman–Crippen MR) is 81.9 cm³/mol. The Morgan fingerprint density at radius 2 is 2.00 bits per heavy atom. The third kappa shape index (κ3) is 4.33. The molecule has 1 atom stereocenters. The van der Waals surface area contributed by atoms with Crippen LogP contribution in [0, 0.1) is 0 Å². The van der Waals surface area contributed by atoms with Crippen molar-refractivity contribution in [1.82, 2.24) is 10.2 Å². The van der Waals surface area contributed by atoms with Crippen LogP contribution in [0.4, 0.5) is 0 Å². The summed E-state index contributed by atoms with van der Waals surface area (Å²) in [6.45, 7) is 4.13. The maximum absolute atomic E-state index is 9.55. The van der Waals surface area contributed by atoms with Gasteiger partial charge in [-0.3, -0.25) is 4.90 Å². The molecule has 1 fully saturated rings. The summed E-state index contributed by atoms with van der Waals surface area (Å²) in [7, 11) is 0. The van der Waals surface area contributed by atoms with Crippen LogP contribution in [0.25, 0.3) is 0 Å². The molecule has 4 nitrogen and oxygen atoms in total. The molecule has 0 unspecified atom stereocenters. The van der Waals surface area contributed by atoms with Gasteiger partial charge in [-0.05, 0) is 40.0 Å². The van der Waals surface area contributed by atoms with Crippen molar-refractivity contribution in [2.24, 2.45) is 0 Å². The van der Waals surface area contributed by atoms with Gasteiger partial charge in [-0.25, -0.2) is 0 Å². The first-order chi connectivity index (χ1) is 8.72. The van der Waals surface area contributed by atoms with E-state index in [-0.39, 0.29) is 30.8 Å². The molecule has 3 N–H and O–H groups in total. The van der Waals surface area contributed by atoms with Crippen molar-refractivity contribution in [3.63, 3.8) is 0 Å². The van der Waals surface area contributed by atoms with E-state index >= 15 is 0 Å². The van der Waals surface area contributed by atoms with Gasteiger partial charge in [-0.2, -0.15) is 0 Å². The zero-order valence-corrected chi connectivity index (χ0v) is 13.1. The van der Waals surface area contributed by atoms with E-state index in [9.17, 15) is 10.2 Å². The lowest BCUT2D eigenvalue weighted by Gasteiger charge is -2.35. The molecule has 1 aromatic rings. The highest BCUT2D eigenvalue weighted by molar-refractivity contribution is 9.10. The number of nitrogens with one attached hydrogen (secondary N) is 1. The highest BCUT2D eigenvalue weighted by atomic mass is 79.9. The highest BCUT2D eigenvalue weighted by Crippen LogP contribution is 2.31. The van der Waals surface area contributed by atoms with Crippen LogP contribution >= 0.6 is 28.3 Å². The Bertz CT molecular complexity index is 400. The second-order valence-corrected chi connectivity index (χ2v) is 5.38. The van der Waals surface area contributed by atoms with Gasteiger partial charge in [0.2, 0.25) is 0 Å². The van der Waals surface area contributed by atoms with Gasteiger partial charge in [0.25, 0.3) is 0 Å². The van der Waals surface area contributed by atoms with Crippen molar-refractivity contribution in [3.05, 3.63) is 28.2 Å². The number of phenols is 1. The van der Waals surface area contributed by atoms with E-state index in [4.69, 9.17) is 0 Å². The summed E-state index contributed by atoms with van der Waals surface area (Å²) in [6, 6.07) is 5.79. The first kappa shape index (κ1) is 16.7. The molecule has 1 saturated heterocycles.